The Morgan fingerprint density at radius 3 is 2.60 bits per heavy atom. The molecule has 20 heavy (non-hydrogen) atoms. The third-order valence-corrected chi connectivity index (χ3v) is 4.82. The summed E-state index contributed by atoms with van der Waals surface area (Å²) >= 11 is 7.67. The minimum atomic E-state index is -0.0644. The summed E-state index contributed by atoms with van der Waals surface area (Å²) in [5.41, 5.74) is 6.69. The van der Waals surface area contributed by atoms with E-state index in [4.69, 9.17) is 17.3 Å². The van der Waals surface area contributed by atoms with Crippen LogP contribution in [0.2, 0.25) is 5.02 Å². The molecule has 0 aliphatic carbocycles. The minimum absolute atomic E-state index is 0.0255. The highest BCUT2D eigenvalue weighted by Crippen LogP contribution is 2.28. The zero-order valence-corrected chi connectivity index (χ0v) is 13.3. The molecule has 5 heteroatoms. The number of aryl methyl sites for hydroxylation is 1. The van der Waals surface area contributed by atoms with E-state index in [1.165, 1.54) is 9.75 Å². The molecule has 106 valence electrons. The number of amides is 1. The van der Waals surface area contributed by atoms with Crippen molar-refractivity contribution in [2.75, 3.05) is 12.8 Å². The highest BCUT2D eigenvalue weighted by atomic mass is 35.5. The number of nitrogens with zero attached hydrogens (tertiary/aromatic N) is 1. The Balaban J connectivity index is 2.21. The number of carbonyl (C=O) groups excluding carboxylic acids is 1. The average molecular weight is 309 g/mol. The van der Waals surface area contributed by atoms with E-state index in [0.29, 0.717) is 16.3 Å². The lowest BCUT2D eigenvalue weighted by Crippen LogP contribution is -2.29. The number of nitrogen functional groups attached to an aromatic ring is 1. The number of carbonyl (C=O) groups is 1. The number of hydrogen-bond acceptors (Lipinski definition) is 3. The Kier molecular flexibility index (Phi) is 4.35. The van der Waals surface area contributed by atoms with Gasteiger partial charge in [-0.05, 0) is 44.2 Å². The predicted molar refractivity (Wildman–Crippen MR) is 85.4 cm³/mol. The molecule has 1 unspecified atom stereocenters. The van der Waals surface area contributed by atoms with Gasteiger partial charge in [-0.15, -0.1) is 11.3 Å². The molecule has 0 spiro atoms. The fourth-order valence-electron chi connectivity index (χ4n) is 1.91. The molecule has 2 N–H and O–H groups in total. The fraction of sp³-hybridized carbons (Fsp3) is 0.267. The van der Waals surface area contributed by atoms with E-state index in [1.54, 1.807) is 41.5 Å². The molecular weight excluding hydrogens is 292 g/mol. The second-order valence-electron chi connectivity index (χ2n) is 4.78. The molecule has 2 rings (SSSR count). The molecule has 0 bridgehead atoms. The molecule has 1 aromatic heterocycles. The fourth-order valence-corrected chi connectivity index (χ4v) is 3.06. The summed E-state index contributed by atoms with van der Waals surface area (Å²) in [6.45, 7) is 4.07. The first-order chi connectivity index (χ1) is 9.40. The van der Waals surface area contributed by atoms with Crippen molar-refractivity contribution < 1.29 is 4.79 Å². The largest absolute Gasteiger partial charge is 0.398 e. The van der Waals surface area contributed by atoms with Crippen molar-refractivity contribution in [2.45, 2.75) is 19.9 Å². The van der Waals surface area contributed by atoms with Crippen molar-refractivity contribution in [1.29, 1.82) is 0 Å². The summed E-state index contributed by atoms with van der Waals surface area (Å²) in [4.78, 5) is 16.6. The van der Waals surface area contributed by atoms with Crippen LogP contribution in [0.3, 0.4) is 0 Å². The molecular formula is C15H17ClN2OS. The summed E-state index contributed by atoms with van der Waals surface area (Å²) in [6, 6.07) is 9.12. The molecule has 2 aromatic rings. The van der Waals surface area contributed by atoms with Crippen molar-refractivity contribution in [2.24, 2.45) is 0 Å². The monoisotopic (exact) mass is 308 g/mol. The molecule has 0 fully saturated rings. The van der Waals surface area contributed by atoms with E-state index < -0.39 is 0 Å². The number of anilines is 1. The van der Waals surface area contributed by atoms with Crippen LogP contribution in [0.5, 0.6) is 0 Å². The average Bonchev–Trinajstić information content (AvgIpc) is 2.86. The molecule has 1 heterocycles. The van der Waals surface area contributed by atoms with Gasteiger partial charge in [0.1, 0.15) is 0 Å². The molecule has 1 amide bonds. The quantitative estimate of drug-likeness (QED) is 0.867. The van der Waals surface area contributed by atoms with Gasteiger partial charge in [-0.2, -0.15) is 0 Å². The summed E-state index contributed by atoms with van der Waals surface area (Å²) in [7, 11) is 1.80. The van der Waals surface area contributed by atoms with Crippen molar-refractivity contribution in [3.8, 4) is 0 Å². The van der Waals surface area contributed by atoms with Crippen LogP contribution in [0.15, 0.2) is 30.3 Å². The summed E-state index contributed by atoms with van der Waals surface area (Å²) in [6.07, 6.45) is 0. The van der Waals surface area contributed by atoms with Gasteiger partial charge in [0, 0.05) is 22.4 Å². The Labute approximate surface area is 128 Å². The van der Waals surface area contributed by atoms with Gasteiger partial charge in [0.25, 0.3) is 5.91 Å². The van der Waals surface area contributed by atoms with Gasteiger partial charge < -0.3 is 10.6 Å². The van der Waals surface area contributed by atoms with Gasteiger partial charge in [0.15, 0.2) is 0 Å². The third-order valence-electron chi connectivity index (χ3n) is 3.32. The smallest absolute Gasteiger partial charge is 0.254 e. The summed E-state index contributed by atoms with van der Waals surface area (Å²) < 4.78 is 0. The van der Waals surface area contributed by atoms with Gasteiger partial charge in [0.05, 0.1) is 16.8 Å². The van der Waals surface area contributed by atoms with Gasteiger partial charge in [-0.25, -0.2) is 0 Å². The third kappa shape index (κ3) is 2.97. The van der Waals surface area contributed by atoms with Gasteiger partial charge in [-0.1, -0.05) is 11.6 Å². The summed E-state index contributed by atoms with van der Waals surface area (Å²) in [5, 5.41) is 0.406. The normalized spacial score (nSPS) is 12.2. The Hall–Kier alpha value is -1.52. The molecule has 1 aromatic carbocycles. The lowest BCUT2D eigenvalue weighted by atomic mass is 10.1. The van der Waals surface area contributed by atoms with E-state index in [2.05, 4.69) is 19.1 Å². The number of benzene rings is 1. The number of halogens is 1. The molecule has 0 aliphatic rings. The van der Waals surface area contributed by atoms with Crippen molar-refractivity contribution >= 4 is 34.5 Å². The molecule has 0 aliphatic heterocycles. The van der Waals surface area contributed by atoms with E-state index >= 15 is 0 Å². The topological polar surface area (TPSA) is 46.3 Å². The lowest BCUT2D eigenvalue weighted by molar-refractivity contribution is 0.0745. The van der Waals surface area contributed by atoms with Crippen LogP contribution in [0.25, 0.3) is 0 Å². The highest BCUT2D eigenvalue weighted by Gasteiger charge is 2.20. The first-order valence-corrected chi connectivity index (χ1v) is 7.48. The maximum absolute atomic E-state index is 12.5. The van der Waals surface area contributed by atoms with E-state index in [1.807, 2.05) is 6.92 Å². The van der Waals surface area contributed by atoms with Gasteiger partial charge in [-0.3, -0.25) is 4.79 Å². The van der Waals surface area contributed by atoms with Crippen LogP contribution < -0.4 is 5.73 Å². The van der Waals surface area contributed by atoms with E-state index in [9.17, 15) is 4.79 Å². The number of nitrogens with two attached hydrogens (primary N) is 1. The van der Waals surface area contributed by atoms with Gasteiger partial charge in [0.2, 0.25) is 0 Å². The molecule has 0 saturated carbocycles. The van der Waals surface area contributed by atoms with Crippen LogP contribution in [0.4, 0.5) is 5.69 Å². The van der Waals surface area contributed by atoms with Crippen molar-refractivity contribution in [3.63, 3.8) is 0 Å². The van der Waals surface area contributed by atoms with Gasteiger partial charge >= 0.3 is 0 Å². The van der Waals surface area contributed by atoms with E-state index in [0.717, 1.165) is 0 Å². The standard InChI is InChI=1S/C15H17ClN2OS/c1-9-4-7-14(20-9)10(2)18(3)15(19)11-5-6-13(17)12(16)8-11/h4-8,10H,17H2,1-3H3. The molecule has 0 saturated heterocycles. The first kappa shape index (κ1) is 14.9. The van der Waals surface area contributed by atoms with Crippen LogP contribution in [-0.2, 0) is 0 Å². The zero-order chi connectivity index (χ0) is 14.9. The predicted octanol–water partition coefficient (Wildman–Crippen LogP) is 4.13. The van der Waals surface area contributed by atoms with Crippen LogP contribution in [-0.4, -0.2) is 17.9 Å². The van der Waals surface area contributed by atoms with Crippen molar-refractivity contribution in [3.05, 3.63) is 50.7 Å². The SMILES string of the molecule is Cc1ccc(C(C)N(C)C(=O)c2ccc(N)c(Cl)c2)s1. The zero-order valence-electron chi connectivity index (χ0n) is 11.7. The highest BCUT2D eigenvalue weighted by molar-refractivity contribution is 7.12. The number of rotatable bonds is 3. The summed E-state index contributed by atoms with van der Waals surface area (Å²) in [5.74, 6) is -0.0644. The molecule has 1 atom stereocenters. The van der Waals surface area contributed by atoms with Crippen molar-refractivity contribution in [1.82, 2.24) is 4.90 Å². The maximum atomic E-state index is 12.5. The number of thiophene rings is 1. The molecule has 0 radical (unpaired) electrons. The van der Waals surface area contributed by atoms with Crippen LogP contribution >= 0.6 is 22.9 Å². The van der Waals surface area contributed by atoms with Crippen LogP contribution in [0.1, 0.15) is 33.1 Å². The first-order valence-electron chi connectivity index (χ1n) is 6.28. The second-order valence-corrected chi connectivity index (χ2v) is 6.50. The van der Waals surface area contributed by atoms with E-state index in [-0.39, 0.29) is 11.9 Å². The van der Waals surface area contributed by atoms with Crippen LogP contribution in [0, 0.1) is 6.92 Å². The molecule has 3 nitrogen and oxygen atoms in total. The Morgan fingerprint density at radius 2 is 2.05 bits per heavy atom. The minimum Gasteiger partial charge on any atom is -0.398 e. The maximum Gasteiger partial charge on any atom is 0.254 e. The number of hydrogen-bond donors (Lipinski definition) is 1. The lowest BCUT2D eigenvalue weighted by Gasteiger charge is -2.24. The second kappa shape index (κ2) is 5.85. The Morgan fingerprint density at radius 1 is 1.35 bits per heavy atom. The Bertz CT molecular complexity index is 639.